The molecule has 1 aromatic heterocycles. The van der Waals surface area contributed by atoms with Crippen LogP contribution in [-0.2, 0) is 14.4 Å². The zero-order valence-electron chi connectivity index (χ0n) is 9.36. The lowest BCUT2D eigenvalue weighted by atomic mass is 10.4. The highest BCUT2D eigenvalue weighted by atomic mass is 32.2. The minimum atomic E-state index is -0.551. The Balaban J connectivity index is 1.94. The zero-order valence-corrected chi connectivity index (χ0v) is 11.0. The summed E-state index contributed by atoms with van der Waals surface area (Å²) in [5.74, 6) is -0.919. The van der Waals surface area contributed by atoms with Crippen molar-refractivity contribution in [2.75, 3.05) is 6.54 Å². The number of hydroxylamine groups is 2. The summed E-state index contributed by atoms with van der Waals surface area (Å²) in [6, 6.07) is 0. The van der Waals surface area contributed by atoms with Crippen LogP contribution in [0.25, 0.3) is 0 Å². The van der Waals surface area contributed by atoms with Crippen molar-refractivity contribution in [2.24, 2.45) is 0 Å². The molecule has 96 valence electrons. The summed E-state index contributed by atoms with van der Waals surface area (Å²) < 4.78 is 0. The molecule has 1 unspecified atom stereocenters. The zero-order chi connectivity index (χ0) is 13.1. The van der Waals surface area contributed by atoms with Gasteiger partial charge in [-0.25, -0.2) is 0 Å². The van der Waals surface area contributed by atoms with Crippen molar-refractivity contribution in [3.8, 4) is 0 Å². The first kappa shape index (κ1) is 13.0. The Morgan fingerprint density at radius 2 is 2.39 bits per heavy atom. The molecule has 1 atom stereocenters. The molecule has 0 saturated carbocycles. The number of carbonyl (C=O) groups is 3. The molecule has 0 radical (unpaired) electrons. The lowest BCUT2D eigenvalue weighted by Gasteiger charge is -2.13. The number of thioether (sulfide) groups is 1. The first-order chi connectivity index (χ1) is 8.58. The Kier molecular flexibility index (Phi) is 3.92. The molecule has 9 heteroatoms. The van der Waals surface area contributed by atoms with E-state index in [9.17, 15) is 14.4 Å². The largest absolute Gasteiger partial charge is 0.338 e. The van der Waals surface area contributed by atoms with E-state index in [-0.39, 0.29) is 16.0 Å². The Morgan fingerprint density at radius 3 is 3.00 bits per heavy atom. The van der Waals surface area contributed by atoms with Gasteiger partial charge in [-0.05, 0) is 6.42 Å². The first-order valence-corrected chi connectivity index (χ1v) is 6.81. The van der Waals surface area contributed by atoms with Gasteiger partial charge in [0.05, 0.1) is 11.8 Å². The fourth-order valence-electron chi connectivity index (χ4n) is 1.43. The third-order valence-electron chi connectivity index (χ3n) is 2.14. The third kappa shape index (κ3) is 2.85. The Hall–Kier alpha value is -1.48. The van der Waals surface area contributed by atoms with E-state index in [0.29, 0.717) is 13.0 Å². The molecule has 1 aromatic rings. The molecule has 1 amide bonds. The minimum absolute atomic E-state index is 0.263. The molecule has 1 aliphatic heterocycles. The van der Waals surface area contributed by atoms with Gasteiger partial charge in [-0.15, -0.1) is 10.2 Å². The molecule has 0 aliphatic carbocycles. The summed E-state index contributed by atoms with van der Waals surface area (Å²) in [5, 5.41) is 7.64. The highest BCUT2D eigenvalue weighted by molar-refractivity contribution is 8.15. The highest BCUT2D eigenvalue weighted by Crippen LogP contribution is 2.27. The van der Waals surface area contributed by atoms with Crippen molar-refractivity contribution in [3.05, 3.63) is 10.5 Å². The number of amides is 1. The summed E-state index contributed by atoms with van der Waals surface area (Å²) in [7, 11) is 0. The summed E-state index contributed by atoms with van der Waals surface area (Å²) >= 11 is 2.01. The minimum Gasteiger partial charge on any atom is -0.338 e. The smallest absolute Gasteiger partial charge is 0.329 e. The number of nitrogens with zero attached hydrogens (tertiary/aromatic N) is 3. The molecule has 1 aliphatic rings. The van der Waals surface area contributed by atoms with E-state index in [4.69, 9.17) is 4.84 Å². The van der Waals surface area contributed by atoms with E-state index < -0.39 is 11.2 Å². The van der Waals surface area contributed by atoms with Crippen LogP contribution in [0.3, 0.4) is 0 Å². The van der Waals surface area contributed by atoms with Crippen LogP contribution in [0.15, 0.2) is 5.51 Å². The summed E-state index contributed by atoms with van der Waals surface area (Å²) in [6.07, 6.45) is 0.460. The van der Waals surface area contributed by atoms with E-state index >= 15 is 0 Å². The molecule has 7 nitrogen and oxygen atoms in total. The van der Waals surface area contributed by atoms with Gasteiger partial charge in [0.1, 0.15) is 5.51 Å². The molecule has 2 rings (SSSR count). The van der Waals surface area contributed by atoms with Crippen molar-refractivity contribution in [1.29, 1.82) is 0 Å². The van der Waals surface area contributed by atoms with Crippen LogP contribution in [0.1, 0.15) is 23.1 Å². The van der Waals surface area contributed by atoms with E-state index in [1.54, 1.807) is 0 Å². The van der Waals surface area contributed by atoms with Crippen LogP contribution < -0.4 is 0 Å². The van der Waals surface area contributed by atoms with Crippen molar-refractivity contribution < 1.29 is 19.2 Å². The lowest BCUT2D eigenvalue weighted by molar-refractivity contribution is -0.190. The number of rotatable bonds is 3. The molecular weight excluding hydrogens is 278 g/mol. The van der Waals surface area contributed by atoms with Gasteiger partial charge in [0.15, 0.2) is 5.01 Å². The average molecular weight is 287 g/mol. The van der Waals surface area contributed by atoms with Crippen LogP contribution in [0, 0.1) is 0 Å². The Morgan fingerprint density at radius 1 is 1.61 bits per heavy atom. The Labute approximate surface area is 110 Å². The molecule has 2 heterocycles. The van der Waals surface area contributed by atoms with E-state index in [1.807, 2.05) is 0 Å². The maximum Gasteiger partial charge on any atom is 0.329 e. The Bertz CT molecular complexity index is 476. The van der Waals surface area contributed by atoms with Gasteiger partial charge in [-0.3, -0.25) is 14.4 Å². The summed E-state index contributed by atoms with van der Waals surface area (Å²) in [6.45, 7) is 1.53. The first-order valence-electron chi connectivity index (χ1n) is 5.05. The lowest BCUT2D eigenvalue weighted by Crippen LogP contribution is -2.30. The van der Waals surface area contributed by atoms with Crippen molar-refractivity contribution in [3.63, 3.8) is 0 Å². The van der Waals surface area contributed by atoms with Crippen LogP contribution >= 0.6 is 23.1 Å². The van der Waals surface area contributed by atoms with E-state index in [1.165, 1.54) is 12.4 Å². The topological polar surface area (TPSA) is 89.5 Å². The van der Waals surface area contributed by atoms with Gasteiger partial charge in [0, 0.05) is 6.92 Å². The fraction of sp³-hybridized carbons (Fsp3) is 0.444. The van der Waals surface area contributed by atoms with Gasteiger partial charge in [0.25, 0.3) is 11.0 Å². The van der Waals surface area contributed by atoms with Gasteiger partial charge < -0.3 is 4.84 Å². The SMILES string of the molecule is CC(=O)ON1CCC(SC(=O)c2nncs2)C1=O. The molecule has 18 heavy (non-hydrogen) atoms. The molecule has 1 saturated heterocycles. The van der Waals surface area contributed by atoms with Crippen LogP contribution in [0.5, 0.6) is 0 Å². The van der Waals surface area contributed by atoms with Gasteiger partial charge >= 0.3 is 5.97 Å². The van der Waals surface area contributed by atoms with E-state index in [2.05, 4.69) is 10.2 Å². The monoisotopic (exact) mass is 287 g/mol. The van der Waals surface area contributed by atoms with E-state index in [0.717, 1.165) is 28.2 Å². The number of aromatic nitrogens is 2. The van der Waals surface area contributed by atoms with Crippen molar-refractivity contribution >= 4 is 40.1 Å². The number of carbonyl (C=O) groups excluding carboxylic acids is 3. The number of hydrogen-bond donors (Lipinski definition) is 0. The molecule has 0 bridgehead atoms. The quantitative estimate of drug-likeness (QED) is 0.799. The van der Waals surface area contributed by atoms with Crippen molar-refractivity contribution in [1.82, 2.24) is 15.3 Å². The highest BCUT2D eigenvalue weighted by Gasteiger charge is 2.36. The maximum atomic E-state index is 11.8. The summed E-state index contributed by atoms with van der Waals surface area (Å²) in [4.78, 5) is 39.0. The normalized spacial score (nSPS) is 19.1. The van der Waals surface area contributed by atoms with Crippen LogP contribution in [0.2, 0.25) is 0 Å². The van der Waals surface area contributed by atoms with Gasteiger partial charge in [-0.1, -0.05) is 23.1 Å². The predicted molar refractivity (Wildman–Crippen MR) is 63.7 cm³/mol. The van der Waals surface area contributed by atoms with Gasteiger partial charge in [0.2, 0.25) is 0 Å². The second-order valence-corrected chi connectivity index (χ2v) is 5.46. The standard InChI is InChI=1S/C9H9N3O4S2/c1-5(13)16-12-3-2-6(8(12)14)18-9(15)7-11-10-4-17-7/h4,6H,2-3H2,1H3. The third-order valence-corrected chi connectivity index (χ3v) is 4.09. The fourth-order valence-corrected chi connectivity index (χ4v) is 2.94. The van der Waals surface area contributed by atoms with Crippen LogP contribution in [0.4, 0.5) is 0 Å². The molecule has 1 fully saturated rings. The molecule has 0 aromatic carbocycles. The molecular formula is C9H9N3O4S2. The molecule has 0 spiro atoms. The maximum absolute atomic E-state index is 11.8. The van der Waals surface area contributed by atoms with Gasteiger partial charge in [-0.2, -0.15) is 5.06 Å². The molecule has 0 N–H and O–H groups in total. The van der Waals surface area contributed by atoms with Crippen LogP contribution in [-0.4, -0.2) is 44.0 Å². The predicted octanol–water partition coefficient (Wildman–Crippen LogP) is 0.490. The second kappa shape index (κ2) is 5.44. The summed E-state index contributed by atoms with van der Waals surface area (Å²) in [5.41, 5.74) is 1.45. The number of hydrogen-bond acceptors (Lipinski definition) is 8. The van der Waals surface area contributed by atoms with Crippen molar-refractivity contribution in [2.45, 2.75) is 18.6 Å². The second-order valence-electron chi connectivity index (χ2n) is 3.45. The average Bonchev–Trinajstić information content (AvgIpc) is 2.93.